The lowest BCUT2D eigenvalue weighted by molar-refractivity contribution is 0.626. The predicted octanol–water partition coefficient (Wildman–Crippen LogP) is 5.49. The number of rotatable bonds is 2. The second kappa shape index (κ2) is 4.97. The molecule has 1 atom stereocenters. The smallest absolute Gasteiger partial charge is 0.142 e. The van der Waals surface area contributed by atoms with Crippen molar-refractivity contribution in [1.82, 2.24) is 0 Å². The van der Waals surface area contributed by atoms with Gasteiger partial charge in [0.15, 0.2) is 0 Å². The molecule has 0 bridgehead atoms. The van der Waals surface area contributed by atoms with Crippen molar-refractivity contribution in [2.24, 2.45) is 0 Å². The molecule has 1 unspecified atom stereocenters. The summed E-state index contributed by atoms with van der Waals surface area (Å²) < 4.78 is 13.4. The van der Waals surface area contributed by atoms with Crippen LogP contribution in [0, 0.1) is 19.7 Å². The van der Waals surface area contributed by atoms with Gasteiger partial charge in [-0.1, -0.05) is 17.7 Å². The Hall–Kier alpha value is -0.570. The Balaban J connectivity index is 2.40. The number of hydrogen-bond donors (Lipinski definition) is 0. The van der Waals surface area contributed by atoms with Crippen LogP contribution in [0.1, 0.15) is 26.3 Å². The number of alkyl halides is 1. The first-order chi connectivity index (χ1) is 7.99. The van der Waals surface area contributed by atoms with Crippen LogP contribution in [0.4, 0.5) is 4.39 Å². The minimum absolute atomic E-state index is 0.122. The SMILES string of the molecule is Cc1cc(C)c(C(Cl)c2ccc(Cl)c(F)c2)s1. The largest absolute Gasteiger partial charge is 0.205 e. The standard InChI is InChI=1S/C13H11Cl2FS/c1-7-5-8(2)17-13(7)12(15)9-3-4-10(14)11(16)6-9/h3-6,12H,1-2H3. The summed E-state index contributed by atoms with van der Waals surface area (Å²) >= 11 is 13.7. The Morgan fingerprint density at radius 1 is 1.24 bits per heavy atom. The summed E-state index contributed by atoms with van der Waals surface area (Å²) in [5, 5.41) is -0.197. The van der Waals surface area contributed by atoms with Gasteiger partial charge in [0, 0.05) is 9.75 Å². The molecule has 0 radical (unpaired) electrons. The quantitative estimate of drug-likeness (QED) is 0.642. The fourth-order valence-electron chi connectivity index (χ4n) is 1.73. The Morgan fingerprint density at radius 2 is 1.94 bits per heavy atom. The van der Waals surface area contributed by atoms with E-state index in [4.69, 9.17) is 23.2 Å². The fourth-order valence-corrected chi connectivity index (χ4v) is 3.33. The van der Waals surface area contributed by atoms with Gasteiger partial charge in [-0.3, -0.25) is 0 Å². The summed E-state index contributed by atoms with van der Waals surface area (Å²) in [5.74, 6) is -0.430. The molecule has 4 heteroatoms. The molecule has 90 valence electrons. The van der Waals surface area contributed by atoms with Crippen LogP contribution in [0.25, 0.3) is 0 Å². The van der Waals surface area contributed by atoms with Gasteiger partial charge >= 0.3 is 0 Å². The molecule has 0 amide bonds. The minimum atomic E-state index is -0.430. The van der Waals surface area contributed by atoms with Gasteiger partial charge in [0.25, 0.3) is 0 Å². The van der Waals surface area contributed by atoms with Gasteiger partial charge in [-0.25, -0.2) is 4.39 Å². The highest BCUT2D eigenvalue weighted by atomic mass is 35.5. The van der Waals surface area contributed by atoms with Crippen LogP contribution in [0.15, 0.2) is 24.3 Å². The van der Waals surface area contributed by atoms with E-state index in [1.807, 2.05) is 13.8 Å². The molecule has 0 aliphatic rings. The second-order valence-electron chi connectivity index (χ2n) is 3.94. The molecule has 1 heterocycles. The molecule has 0 saturated carbocycles. The third-order valence-corrected chi connectivity index (χ3v) is 4.67. The topological polar surface area (TPSA) is 0 Å². The molecule has 0 aliphatic carbocycles. The van der Waals surface area contributed by atoms with Gasteiger partial charge in [0.2, 0.25) is 0 Å². The lowest BCUT2D eigenvalue weighted by atomic mass is 10.1. The Morgan fingerprint density at radius 3 is 2.47 bits per heavy atom. The monoisotopic (exact) mass is 288 g/mol. The van der Waals surface area contributed by atoms with E-state index in [0.29, 0.717) is 0 Å². The van der Waals surface area contributed by atoms with Gasteiger partial charge in [-0.2, -0.15) is 0 Å². The number of hydrogen-bond acceptors (Lipinski definition) is 1. The normalized spacial score (nSPS) is 12.8. The van der Waals surface area contributed by atoms with Crippen LogP contribution < -0.4 is 0 Å². The van der Waals surface area contributed by atoms with E-state index in [2.05, 4.69) is 6.07 Å². The van der Waals surface area contributed by atoms with Crippen LogP contribution in [-0.2, 0) is 0 Å². The minimum Gasteiger partial charge on any atom is -0.205 e. The maximum atomic E-state index is 13.4. The molecule has 1 aromatic heterocycles. The molecule has 0 nitrogen and oxygen atoms in total. The van der Waals surface area contributed by atoms with Crippen LogP contribution >= 0.6 is 34.5 Å². The highest BCUT2D eigenvalue weighted by molar-refractivity contribution is 7.12. The first-order valence-corrected chi connectivity index (χ1v) is 6.78. The Labute approximate surface area is 114 Å². The van der Waals surface area contributed by atoms with E-state index >= 15 is 0 Å². The van der Waals surface area contributed by atoms with Crippen molar-refractivity contribution in [1.29, 1.82) is 0 Å². The van der Waals surface area contributed by atoms with E-state index < -0.39 is 5.82 Å². The fraction of sp³-hybridized carbons (Fsp3) is 0.231. The molecule has 0 fully saturated rings. The molecule has 17 heavy (non-hydrogen) atoms. The molecular weight excluding hydrogens is 278 g/mol. The summed E-state index contributed by atoms with van der Waals surface area (Å²) in [5.41, 5.74) is 1.88. The maximum Gasteiger partial charge on any atom is 0.142 e. The van der Waals surface area contributed by atoms with Gasteiger partial charge in [0.05, 0.1) is 10.4 Å². The summed E-state index contributed by atoms with van der Waals surface area (Å²) in [7, 11) is 0. The zero-order valence-electron chi connectivity index (χ0n) is 9.43. The number of halogens is 3. The maximum absolute atomic E-state index is 13.4. The van der Waals surface area contributed by atoms with Crippen molar-refractivity contribution in [3.63, 3.8) is 0 Å². The predicted molar refractivity (Wildman–Crippen MR) is 72.9 cm³/mol. The zero-order valence-corrected chi connectivity index (χ0v) is 11.8. The van der Waals surface area contributed by atoms with E-state index in [9.17, 15) is 4.39 Å². The van der Waals surface area contributed by atoms with Crippen LogP contribution in [-0.4, -0.2) is 0 Å². The van der Waals surface area contributed by atoms with Gasteiger partial charge < -0.3 is 0 Å². The van der Waals surface area contributed by atoms with Crippen molar-refractivity contribution in [3.05, 3.63) is 56.0 Å². The summed E-state index contributed by atoms with van der Waals surface area (Å²) in [6, 6.07) is 6.78. The second-order valence-corrected chi connectivity index (χ2v) is 6.07. The highest BCUT2D eigenvalue weighted by Gasteiger charge is 2.17. The average molecular weight is 289 g/mol. The highest BCUT2D eigenvalue weighted by Crippen LogP contribution is 2.37. The van der Waals surface area contributed by atoms with Crippen molar-refractivity contribution < 1.29 is 4.39 Å². The molecule has 2 aromatic rings. The van der Waals surface area contributed by atoms with Gasteiger partial charge in [0.1, 0.15) is 5.82 Å². The molecule has 0 saturated heterocycles. The third kappa shape index (κ3) is 2.65. The number of benzene rings is 1. The van der Waals surface area contributed by atoms with Crippen molar-refractivity contribution in [2.75, 3.05) is 0 Å². The van der Waals surface area contributed by atoms with Crippen molar-refractivity contribution in [2.45, 2.75) is 19.2 Å². The van der Waals surface area contributed by atoms with Gasteiger partial charge in [-0.15, -0.1) is 22.9 Å². The number of aryl methyl sites for hydroxylation is 2. The van der Waals surface area contributed by atoms with Crippen molar-refractivity contribution in [3.8, 4) is 0 Å². The number of thiophene rings is 1. The van der Waals surface area contributed by atoms with E-state index in [0.717, 1.165) is 16.0 Å². The van der Waals surface area contributed by atoms with Crippen LogP contribution in [0.2, 0.25) is 5.02 Å². The molecule has 2 rings (SSSR count). The Kier molecular flexibility index (Phi) is 3.76. The third-order valence-electron chi connectivity index (χ3n) is 2.55. The van der Waals surface area contributed by atoms with E-state index in [1.54, 1.807) is 17.4 Å². The lowest BCUT2D eigenvalue weighted by Crippen LogP contribution is -1.93. The zero-order chi connectivity index (χ0) is 12.6. The lowest BCUT2D eigenvalue weighted by Gasteiger charge is -2.09. The summed E-state index contributed by atoms with van der Waals surface area (Å²) in [4.78, 5) is 2.27. The average Bonchev–Trinajstić information content (AvgIpc) is 2.61. The van der Waals surface area contributed by atoms with E-state index in [-0.39, 0.29) is 10.4 Å². The summed E-state index contributed by atoms with van der Waals surface area (Å²) in [6.07, 6.45) is 0. The molecular formula is C13H11Cl2FS. The molecule has 1 aromatic carbocycles. The first kappa shape index (κ1) is 12.9. The van der Waals surface area contributed by atoms with Crippen molar-refractivity contribution >= 4 is 34.5 Å². The van der Waals surface area contributed by atoms with Gasteiger partial charge in [-0.05, 0) is 43.2 Å². The molecule has 0 N–H and O–H groups in total. The van der Waals surface area contributed by atoms with E-state index in [1.165, 1.54) is 17.0 Å². The Bertz CT molecular complexity index is 548. The van der Waals surface area contributed by atoms with Crippen LogP contribution in [0.3, 0.4) is 0 Å². The first-order valence-electron chi connectivity index (χ1n) is 5.15. The molecule has 0 spiro atoms. The van der Waals surface area contributed by atoms with Crippen LogP contribution in [0.5, 0.6) is 0 Å². The molecule has 0 aliphatic heterocycles. The summed E-state index contributed by atoms with van der Waals surface area (Å²) in [6.45, 7) is 4.05.